The summed E-state index contributed by atoms with van der Waals surface area (Å²) >= 11 is 0. The molecule has 1 aromatic heterocycles. The third kappa shape index (κ3) is 2.09. The molecule has 0 saturated heterocycles. The van der Waals surface area contributed by atoms with Gasteiger partial charge in [0.2, 0.25) is 0 Å². The summed E-state index contributed by atoms with van der Waals surface area (Å²) in [5, 5.41) is 5.00. The predicted octanol–water partition coefficient (Wildman–Crippen LogP) is 3.78. The van der Waals surface area contributed by atoms with E-state index in [2.05, 4.69) is 89.8 Å². The minimum atomic E-state index is 1.20. The summed E-state index contributed by atoms with van der Waals surface area (Å²) in [6.45, 7) is 0. The zero-order valence-corrected chi connectivity index (χ0v) is 13.8. The minimum Gasteiger partial charge on any atom is -0.309 e. The van der Waals surface area contributed by atoms with Crippen molar-refractivity contribution in [3.05, 3.63) is 66.7 Å². The van der Waals surface area contributed by atoms with Crippen LogP contribution in [-0.4, -0.2) is 4.57 Å². The standard InChI is InChI=1S/C18H15NP2/c20-13-6-8-15-16-9-7-14(21)11-18(16)19(17(15)10-13)12-4-2-1-3-5-12/h1-11H,20-21H2. The molecule has 0 aliphatic rings. The zero-order valence-electron chi connectivity index (χ0n) is 11.5. The van der Waals surface area contributed by atoms with E-state index in [4.69, 9.17) is 0 Å². The largest absolute Gasteiger partial charge is 0.309 e. The first-order valence-corrected chi connectivity index (χ1v) is 8.04. The average molecular weight is 307 g/mol. The molecule has 0 fully saturated rings. The molecule has 4 rings (SSSR count). The van der Waals surface area contributed by atoms with Crippen LogP contribution in [0, 0.1) is 0 Å². The summed E-state index contributed by atoms with van der Waals surface area (Å²) in [5.74, 6) is 0. The van der Waals surface area contributed by atoms with E-state index in [0.717, 1.165) is 0 Å². The maximum absolute atomic E-state index is 2.79. The highest BCUT2D eigenvalue weighted by Crippen LogP contribution is 2.31. The first kappa shape index (κ1) is 13.0. The first-order chi connectivity index (χ1) is 10.2. The molecule has 0 spiro atoms. The zero-order chi connectivity index (χ0) is 14.4. The number of fused-ring (bicyclic) bond motifs is 3. The van der Waals surface area contributed by atoms with Crippen molar-refractivity contribution in [2.75, 3.05) is 0 Å². The first-order valence-electron chi connectivity index (χ1n) is 6.88. The number of para-hydroxylation sites is 1. The Balaban J connectivity index is 2.24. The highest BCUT2D eigenvalue weighted by atomic mass is 31.0. The molecule has 0 bridgehead atoms. The summed E-state index contributed by atoms with van der Waals surface area (Å²) in [7, 11) is 5.58. The highest BCUT2D eigenvalue weighted by Gasteiger charge is 2.12. The third-order valence-electron chi connectivity index (χ3n) is 3.83. The van der Waals surface area contributed by atoms with Gasteiger partial charge in [0.15, 0.2) is 0 Å². The monoisotopic (exact) mass is 307 g/mol. The number of hydrogen-bond acceptors (Lipinski definition) is 0. The Kier molecular flexibility index (Phi) is 3.07. The van der Waals surface area contributed by atoms with Gasteiger partial charge in [-0.15, -0.1) is 18.5 Å². The molecule has 21 heavy (non-hydrogen) atoms. The average Bonchev–Trinajstić information content (AvgIpc) is 2.80. The molecule has 102 valence electrons. The van der Waals surface area contributed by atoms with Gasteiger partial charge in [0.1, 0.15) is 0 Å². The third-order valence-corrected chi connectivity index (χ3v) is 4.55. The van der Waals surface area contributed by atoms with Crippen molar-refractivity contribution in [1.29, 1.82) is 0 Å². The van der Waals surface area contributed by atoms with Crippen LogP contribution in [0.5, 0.6) is 0 Å². The van der Waals surface area contributed by atoms with Gasteiger partial charge in [-0.25, -0.2) is 0 Å². The summed E-state index contributed by atoms with van der Waals surface area (Å²) < 4.78 is 2.34. The number of nitrogens with zero attached hydrogens (tertiary/aromatic N) is 1. The Hall–Kier alpha value is -1.68. The van der Waals surface area contributed by atoms with Crippen molar-refractivity contribution in [2.45, 2.75) is 0 Å². The van der Waals surface area contributed by atoms with Gasteiger partial charge in [0.25, 0.3) is 0 Å². The van der Waals surface area contributed by atoms with Gasteiger partial charge in [-0.2, -0.15) is 0 Å². The second kappa shape index (κ2) is 4.95. The van der Waals surface area contributed by atoms with E-state index in [9.17, 15) is 0 Å². The van der Waals surface area contributed by atoms with Gasteiger partial charge < -0.3 is 4.57 Å². The Morgan fingerprint density at radius 2 is 1.14 bits per heavy atom. The summed E-state index contributed by atoms with van der Waals surface area (Å²) in [6.07, 6.45) is 0. The van der Waals surface area contributed by atoms with Crippen molar-refractivity contribution in [3.63, 3.8) is 0 Å². The fourth-order valence-corrected chi connectivity index (χ4v) is 3.42. The highest BCUT2D eigenvalue weighted by molar-refractivity contribution is 7.27. The molecule has 1 nitrogen and oxygen atoms in total. The number of aromatic nitrogens is 1. The lowest BCUT2D eigenvalue weighted by Gasteiger charge is -2.08. The normalized spacial score (nSPS) is 11.3. The van der Waals surface area contributed by atoms with E-state index in [1.54, 1.807) is 0 Å². The lowest BCUT2D eigenvalue weighted by Crippen LogP contribution is -1.97. The molecule has 0 saturated carbocycles. The van der Waals surface area contributed by atoms with E-state index in [1.165, 1.54) is 38.1 Å². The van der Waals surface area contributed by atoms with Gasteiger partial charge in [0, 0.05) is 16.5 Å². The van der Waals surface area contributed by atoms with Crippen molar-refractivity contribution in [2.24, 2.45) is 0 Å². The summed E-state index contributed by atoms with van der Waals surface area (Å²) in [4.78, 5) is 0. The van der Waals surface area contributed by atoms with Gasteiger partial charge >= 0.3 is 0 Å². The van der Waals surface area contributed by atoms with Crippen LogP contribution in [0.15, 0.2) is 66.7 Å². The van der Waals surface area contributed by atoms with E-state index < -0.39 is 0 Å². The molecular formula is C18H15NP2. The van der Waals surface area contributed by atoms with Crippen LogP contribution < -0.4 is 10.6 Å². The Morgan fingerprint density at radius 1 is 0.619 bits per heavy atom. The van der Waals surface area contributed by atoms with Crippen LogP contribution in [-0.2, 0) is 0 Å². The van der Waals surface area contributed by atoms with Gasteiger partial charge in [-0.1, -0.05) is 42.5 Å². The summed E-state index contributed by atoms with van der Waals surface area (Å²) in [5.41, 5.74) is 3.70. The maximum Gasteiger partial charge on any atom is 0.0547 e. The van der Waals surface area contributed by atoms with Crippen molar-refractivity contribution in [3.8, 4) is 5.69 Å². The molecular weight excluding hydrogens is 292 g/mol. The van der Waals surface area contributed by atoms with Crippen LogP contribution >= 0.6 is 18.5 Å². The molecule has 0 aliphatic heterocycles. The molecule has 0 amide bonds. The molecule has 2 atom stereocenters. The molecule has 0 radical (unpaired) electrons. The van der Waals surface area contributed by atoms with Crippen LogP contribution in [0.1, 0.15) is 0 Å². The van der Waals surface area contributed by atoms with Gasteiger partial charge in [-0.05, 0) is 34.9 Å². The fourth-order valence-electron chi connectivity index (χ4n) is 2.91. The van der Waals surface area contributed by atoms with Crippen molar-refractivity contribution < 1.29 is 0 Å². The van der Waals surface area contributed by atoms with Gasteiger partial charge in [-0.3, -0.25) is 0 Å². The minimum absolute atomic E-state index is 1.20. The fraction of sp³-hybridized carbons (Fsp3) is 0. The number of hydrogen-bond donors (Lipinski definition) is 0. The second-order valence-electron chi connectivity index (χ2n) is 5.22. The maximum atomic E-state index is 2.79. The van der Waals surface area contributed by atoms with E-state index in [0.29, 0.717) is 0 Å². The Labute approximate surface area is 128 Å². The molecule has 3 heteroatoms. The van der Waals surface area contributed by atoms with Crippen LogP contribution in [0.25, 0.3) is 27.5 Å². The molecule has 4 aromatic rings. The van der Waals surface area contributed by atoms with Crippen molar-refractivity contribution in [1.82, 2.24) is 4.57 Å². The number of rotatable bonds is 1. The van der Waals surface area contributed by atoms with Crippen LogP contribution in [0.4, 0.5) is 0 Å². The van der Waals surface area contributed by atoms with E-state index in [1.807, 2.05) is 0 Å². The molecule has 3 aromatic carbocycles. The van der Waals surface area contributed by atoms with Crippen LogP contribution in [0.2, 0.25) is 0 Å². The quantitative estimate of drug-likeness (QED) is 0.472. The molecule has 0 N–H and O–H groups in total. The second-order valence-corrected chi connectivity index (χ2v) is 6.56. The SMILES string of the molecule is Pc1ccc2c3ccc(P)cc3n(-c3ccccc3)c2c1. The lowest BCUT2D eigenvalue weighted by atomic mass is 10.1. The lowest BCUT2D eigenvalue weighted by molar-refractivity contribution is 1.18. The Morgan fingerprint density at radius 3 is 1.67 bits per heavy atom. The summed E-state index contributed by atoms with van der Waals surface area (Å²) in [6, 6.07) is 23.7. The molecule has 2 unspecified atom stereocenters. The van der Waals surface area contributed by atoms with E-state index >= 15 is 0 Å². The van der Waals surface area contributed by atoms with E-state index in [-0.39, 0.29) is 0 Å². The van der Waals surface area contributed by atoms with Crippen LogP contribution in [0.3, 0.4) is 0 Å². The molecule has 1 heterocycles. The van der Waals surface area contributed by atoms with Gasteiger partial charge in [0.05, 0.1) is 11.0 Å². The Bertz CT molecular complexity index is 896. The predicted molar refractivity (Wildman–Crippen MR) is 99.5 cm³/mol. The smallest absolute Gasteiger partial charge is 0.0547 e. The van der Waals surface area contributed by atoms with Crippen molar-refractivity contribution >= 4 is 50.9 Å². The number of benzene rings is 3. The topological polar surface area (TPSA) is 4.93 Å². The molecule has 0 aliphatic carbocycles.